The second-order valence-corrected chi connectivity index (χ2v) is 5.83. The highest BCUT2D eigenvalue weighted by molar-refractivity contribution is 5.91. The first-order valence-corrected chi connectivity index (χ1v) is 7.76. The van der Waals surface area contributed by atoms with E-state index >= 15 is 0 Å². The maximum Gasteiger partial charge on any atom is 0.511 e. The lowest BCUT2D eigenvalue weighted by atomic mass is 10.2. The minimum atomic E-state index is -1.64. The van der Waals surface area contributed by atoms with Crippen molar-refractivity contribution in [2.45, 2.75) is 25.9 Å². The van der Waals surface area contributed by atoms with Crippen molar-refractivity contribution in [1.29, 1.82) is 0 Å². The zero-order valence-corrected chi connectivity index (χ0v) is 13.5. The van der Waals surface area contributed by atoms with Crippen LogP contribution in [-0.4, -0.2) is 39.9 Å². The van der Waals surface area contributed by atoms with Gasteiger partial charge in [-0.2, -0.15) is 0 Å². The summed E-state index contributed by atoms with van der Waals surface area (Å²) in [6.45, 7) is 3.09. The van der Waals surface area contributed by atoms with E-state index in [2.05, 4.69) is 9.72 Å². The van der Waals surface area contributed by atoms with Crippen molar-refractivity contribution in [3.05, 3.63) is 22.2 Å². The molecule has 1 aliphatic heterocycles. The summed E-state index contributed by atoms with van der Waals surface area (Å²) >= 11 is 0. The minimum absolute atomic E-state index is 0.0338. The predicted molar refractivity (Wildman–Crippen MR) is 89.5 cm³/mol. The third-order valence-electron chi connectivity index (χ3n) is 4.20. The van der Waals surface area contributed by atoms with Crippen molar-refractivity contribution in [3.63, 3.8) is 0 Å². The average Bonchev–Trinajstić information content (AvgIpc) is 2.98. The molecule has 134 valence electrons. The Morgan fingerprint density at radius 1 is 1.56 bits per heavy atom. The fourth-order valence-corrected chi connectivity index (χ4v) is 2.97. The van der Waals surface area contributed by atoms with Crippen LogP contribution < -0.4 is 26.5 Å². The van der Waals surface area contributed by atoms with Crippen LogP contribution in [-0.2, 0) is 6.54 Å². The third kappa shape index (κ3) is 2.84. The largest absolute Gasteiger partial charge is 0.511 e. The van der Waals surface area contributed by atoms with E-state index in [1.807, 2.05) is 0 Å². The number of carboxylic acid groups (broad SMARTS) is 1. The van der Waals surface area contributed by atoms with Crippen molar-refractivity contribution >= 4 is 28.7 Å². The Hall–Kier alpha value is -2.88. The number of nitrogens with two attached hydrogens (primary N) is 2. The number of carbonyl (C=O) groups is 1. The summed E-state index contributed by atoms with van der Waals surface area (Å²) in [4.78, 5) is 29.2. The Morgan fingerprint density at radius 2 is 2.28 bits per heavy atom. The third-order valence-corrected chi connectivity index (χ3v) is 4.20. The Morgan fingerprint density at radius 3 is 2.84 bits per heavy atom. The van der Waals surface area contributed by atoms with E-state index < -0.39 is 23.2 Å². The number of nitrogens with zero attached hydrogens (tertiary/aromatic N) is 3. The second kappa shape index (κ2) is 6.20. The van der Waals surface area contributed by atoms with Gasteiger partial charge < -0.3 is 30.8 Å². The van der Waals surface area contributed by atoms with Crippen molar-refractivity contribution in [2.24, 2.45) is 5.73 Å². The lowest BCUT2D eigenvalue weighted by molar-refractivity contribution is 0.144. The predicted octanol–water partition coefficient (Wildman–Crippen LogP) is 0.732. The first kappa shape index (κ1) is 17.0. The number of nitrogen functional groups attached to an aromatic ring is 1. The van der Waals surface area contributed by atoms with Gasteiger partial charge in [-0.1, -0.05) is 0 Å². The van der Waals surface area contributed by atoms with Gasteiger partial charge in [-0.15, -0.1) is 0 Å². The van der Waals surface area contributed by atoms with E-state index in [1.54, 1.807) is 11.8 Å². The maximum absolute atomic E-state index is 14.7. The number of rotatable bonds is 3. The number of halogens is 1. The summed E-state index contributed by atoms with van der Waals surface area (Å²) in [5, 5.41) is 8.55. The summed E-state index contributed by atoms with van der Waals surface area (Å²) in [6.07, 6.45) is 0.280. The molecule has 0 radical (unpaired) electrons. The molecule has 1 fully saturated rings. The highest BCUT2D eigenvalue weighted by Gasteiger charge is 2.27. The molecule has 25 heavy (non-hydrogen) atoms. The Labute approximate surface area is 141 Å². The fourth-order valence-electron chi connectivity index (χ4n) is 2.97. The van der Waals surface area contributed by atoms with Gasteiger partial charge in [0.1, 0.15) is 5.65 Å². The fraction of sp³-hybridized carbons (Fsp3) is 0.400. The van der Waals surface area contributed by atoms with Gasteiger partial charge in [0, 0.05) is 25.7 Å². The molecule has 2 aromatic rings. The molecule has 10 heteroatoms. The van der Waals surface area contributed by atoms with E-state index in [9.17, 15) is 14.0 Å². The maximum atomic E-state index is 14.7. The van der Waals surface area contributed by atoms with Crippen LogP contribution in [0.3, 0.4) is 0 Å². The zero-order chi connectivity index (χ0) is 18.3. The van der Waals surface area contributed by atoms with Gasteiger partial charge >= 0.3 is 6.16 Å². The van der Waals surface area contributed by atoms with Crippen LogP contribution in [0.2, 0.25) is 0 Å². The molecule has 0 spiro atoms. The van der Waals surface area contributed by atoms with Crippen LogP contribution in [0, 0.1) is 5.82 Å². The lowest BCUT2D eigenvalue weighted by Gasteiger charge is -2.20. The molecule has 1 unspecified atom stereocenters. The van der Waals surface area contributed by atoms with E-state index in [0.717, 1.165) is 0 Å². The molecule has 2 aromatic heterocycles. The summed E-state index contributed by atoms with van der Waals surface area (Å²) < 4.78 is 20.7. The molecule has 0 bridgehead atoms. The molecule has 0 amide bonds. The smallest absolute Gasteiger partial charge is 0.449 e. The molecule has 3 rings (SSSR count). The number of hydrogen-bond donors (Lipinski definition) is 3. The number of hydrogen-bond acceptors (Lipinski definition) is 7. The number of ether oxygens (including phenoxy) is 1. The molecule has 9 nitrogen and oxygen atoms in total. The van der Waals surface area contributed by atoms with Crippen LogP contribution in [0.1, 0.15) is 13.3 Å². The van der Waals surface area contributed by atoms with Gasteiger partial charge in [-0.3, -0.25) is 4.79 Å². The molecular formula is C15H18FN5O4. The number of aromatic nitrogens is 2. The Kier molecular flexibility index (Phi) is 4.21. The van der Waals surface area contributed by atoms with Gasteiger partial charge in [0.05, 0.1) is 17.3 Å². The molecule has 0 saturated carbocycles. The lowest BCUT2D eigenvalue weighted by Crippen LogP contribution is -2.28. The molecule has 3 heterocycles. The van der Waals surface area contributed by atoms with E-state index in [1.165, 1.54) is 10.8 Å². The molecule has 1 aliphatic rings. The standard InChI is InChI=1S/C15H18FN5O4/c1-2-20-6-8(25-15(23)24)12(22)9-11(18)10(16)14(19-13(9)20)21-4-3-7(17)5-21/h6-7H,2-5,17H2,1H3,(H2,18,19)(H,23,24). The summed E-state index contributed by atoms with van der Waals surface area (Å²) in [7, 11) is 0. The van der Waals surface area contributed by atoms with Crippen molar-refractivity contribution < 1.29 is 19.0 Å². The normalized spacial score (nSPS) is 17.2. The molecule has 0 aromatic carbocycles. The van der Waals surface area contributed by atoms with Crippen molar-refractivity contribution in [3.8, 4) is 5.75 Å². The van der Waals surface area contributed by atoms with Gasteiger partial charge in [-0.25, -0.2) is 14.2 Å². The first-order valence-electron chi connectivity index (χ1n) is 7.76. The summed E-state index contributed by atoms with van der Waals surface area (Å²) in [6, 6.07) is -0.0853. The van der Waals surface area contributed by atoms with Crippen LogP contribution >= 0.6 is 0 Å². The molecular weight excluding hydrogens is 333 g/mol. The van der Waals surface area contributed by atoms with Gasteiger partial charge in [0.15, 0.2) is 17.4 Å². The highest BCUT2D eigenvalue weighted by Crippen LogP contribution is 2.30. The minimum Gasteiger partial charge on any atom is -0.449 e. The molecule has 1 atom stereocenters. The van der Waals surface area contributed by atoms with E-state index in [-0.39, 0.29) is 28.6 Å². The SMILES string of the molecule is CCn1cc(OC(=O)O)c(=O)c2c(N)c(F)c(N3CCC(N)C3)nc21. The van der Waals surface area contributed by atoms with Crippen LogP contribution in [0.25, 0.3) is 11.0 Å². The monoisotopic (exact) mass is 351 g/mol. The topological polar surface area (TPSA) is 137 Å². The highest BCUT2D eigenvalue weighted by atomic mass is 19.1. The number of aryl methyl sites for hydroxylation is 1. The quantitative estimate of drug-likeness (QED) is 0.688. The molecule has 0 aliphatic carbocycles. The second-order valence-electron chi connectivity index (χ2n) is 5.83. The van der Waals surface area contributed by atoms with E-state index in [0.29, 0.717) is 26.1 Å². The average molecular weight is 351 g/mol. The van der Waals surface area contributed by atoms with Gasteiger partial charge in [0.25, 0.3) is 0 Å². The van der Waals surface area contributed by atoms with Gasteiger partial charge in [-0.05, 0) is 13.3 Å². The van der Waals surface area contributed by atoms with Crippen LogP contribution in [0.4, 0.5) is 20.7 Å². The summed E-state index contributed by atoms with van der Waals surface area (Å²) in [5.41, 5.74) is 10.7. The summed E-state index contributed by atoms with van der Waals surface area (Å²) in [5.74, 6) is -1.24. The zero-order valence-electron chi connectivity index (χ0n) is 13.5. The van der Waals surface area contributed by atoms with Crippen LogP contribution in [0.5, 0.6) is 5.75 Å². The Bertz CT molecular complexity index is 913. The number of fused-ring (bicyclic) bond motifs is 1. The number of pyridine rings is 2. The molecule has 5 N–H and O–H groups in total. The molecule has 1 saturated heterocycles. The van der Waals surface area contributed by atoms with Gasteiger partial charge in [0.2, 0.25) is 5.43 Å². The first-order chi connectivity index (χ1) is 11.8. The number of anilines is 2. The van der Waals surface area contributed by atoms with Crippen molar-refractivity contribution in [1.82, 2.24) is 9.55 Å². The Balaban J connectivity index is 2.27. The van der Waals surface area contributed by atoms with Crippen molar-refractivity contribution in [2.75, 3.05) is 23.7 Å². The van der Waals surface area contributed by atoms with E-state index in [4.69, 9.17) is 16.6 Å². The van der Waals surface area contributed by atoms with Crippen LogP contribution in [0.15, 0.2) is 11.0 Å².